The van der Waals surface area contributed by atoms with Gasteiger partial charge in [-0.3, -0.25) is 4.90 Å². The van der Waals surface area contributed by atoms with Crippen LogP contribution in [0.25, 0.3) is 0 Å². The Morgan fingerprint density at radius 3 is 2.35 bits per heavy atom. The third-order valence-corrected chi connectivity index (χ3v) is 8.64. The summed E-state index contributed by atoms with van der Waals surface area (Å²) in [6, 6.07) is 18.4. The highest BCUT2D eigenvalue weighted by Crippen LogP contribution is 2.27. The molecule has 0 bridgehead atoms. The average molecular weight is 442 g/mol. The highest BCUT2D eigenvalue weighted by atomic mass is 32.2. The monoisotopic (exact) mass is 441 g/mol. The fourth-order valence-corrected chi connectivity index (χ4v) is 6.41. The number of likely N-dealkylation sites (tertiary alicyclic amines) is 1. The Hall–Kier alpha value is -1.89. The van der Waals surface area contributed by atoms with E-state index in [0.29, 0.717) is 0 Å². The standard InChI is InChI=1S/C25H35N3O2S/c1-26(31(29,30)21-22-10-3-2-4-11-22)24-13-9-16-27(19-15-24)20-23-12-5-6-14-25(23)28-17-7-8-18-28/h2-6,10-12,14,24H,7-9,13,15-21H2,1H3. The van der Waals surface area contributed by atoms with Gasteiger partial charge in [0.25, 0.3) is 0 Å². The second-order valence-corrected chi connectivity index (χ2v) is 11.0. The van der Waals surface area contributed by atoms with Crippen LogP contribution in [0.1, 0.15) is 43.2 Å². The fourth-order valence-electron chi connectivity index (χ4n) is 4.93. The number of benzene rings is 2. The molecule has 1 atom stereocenters. The molecule has 2 aromatic rings. The van der Waals surface area contributed by atoms with Gasteiger partial charge in [-0.1, -0.05) is 48.5 Å². The van der Waals surface area contributed by atoms with Gasteiger partial charge in [-0.25, -0.2) is 12.7 Å². The zero-order chi connectivity index (χ0) is 21.7. The predicted octanol–water partition coefficient (Wildman–Crippen LogP) is 4.10. The molecule has 0 aliphatic carbocycles. The minimum atomic E-state index is -3.32. The van der Waals surface area contributed by atoms with Crippen LogP contribution in [0.2, 0.25) is 0 Å². The molecule has 2 aliphatic rings. The lowest BCUT2D eigenvalue weighted by molar-refractivity contribution is 0.266. The highest BCUT2D eigenvalue weighted by Gasteiger charge is 2.29. The minimum absolute atomic E-state index is 0.0764. The zero-order valence-electron chi connectivity index (χ0n) is 18.6. The molecule has 168 valence electrons. The zero-order valence-corrected chi connectivity index (χ0v) is 19.4. The SMILES string of the molecule is CN(C1CCCN(Cc2ccccc2N2CCCC2)CC1)S(=O)(=O)Cc1ccccc1. The molecule has 1 unspecified atom stereocenters. The van der Waals surface area contributed by atoms with Crippen molar-refractivity contribution in [3.05, 3.63) is 65.7 Å². The van der Waals surface area contributed by atoms with Gasteiger partial charge in [-0.05, 0) is 55.8 Å². The summed E-state index contributed by atoms with van der Waals surface area (Å²) in [5.41, 5.74) is 3.62. The van der Waals surface area contributed by atoms with E-state index in [1.165, 1.54) is 24.1 Å². The molecule has 4 rings (SSSR count). The van der Waals surface area contributed by atoms with E-state index >= 15 is 0 Å². The smallest absolute Gasteiger partial charge is 0.218 e. The van der Waals surface area contributed by atoms with E-state index in [2.05, 4.69) is 34.1 Å². The Balaban J connectivity index is 1.37. The predicted molar refractivity (Wildman–Crippen MR) is 128 cm³/mol. The van der Waals surface area contributed by atoms with E-state index in [1.807, 2.05) is 30.3 Å². The molecular formula is C25H35N3O2S. The molecule has 6 heteroatoms. The minimum Gasteiger partial charge on any atom is -0.371 e. The van der Waals surface area contributed by atoms with E-state index in [-0.39, 0.29) is 11.8 Å². The summed E-state index contributed by atoms with van der Waals surface area (Å²) >= 11 is 0. The van der Waals surface area contributed by atoms with Gasteiger partial charge in [0.1, 0.15) is 0 Å². The van der Waals surface area contributed by atoms with E-state index in [1.54, 1.807) is 11.4 Å². The number of hydrogen-bond donors (Lipinski definition) is 0. The second kappa shape index (κ2) is 10.2. The first kappa shape index (κ1) is 22.3. The second-order valence-electron chi connectivity index (χ2n) is 8.94. The molecule has 31 heavy (non-hydrogen) atoms. The molecular weight excluding hydrogens is 406 g/mol. The van der Waals surface area contributed by atoms with Crippen LogP contribution < -0.4 is 4.90 Å². The summed E-state index contributed by atoms with van der Waals surface area (Å²) in [6.07, 6.45) is 5.40. The van der Waals surface area contributed by atoms with Crippen LogP contribution in [0.3, 0.4) is 0 Å². The number of hydrogen-bond acceptors (Lipinski definition) is 4. The Labute approximate surface area is 187 Å². The summed E-state index contributed by atoms with van der Waals surface area (Å²) in [5.74, 6) is 0.0771. The van der Waals surface area contributed by atoms with Crippen LogP contribution in [0.4, 0.5) is 5.69 Å². The normalized spacial score (nSPS) is 20.8. The quantitative estimate of drug-likeness (QED) is 0.649. The highest BCUT2D eigenvalue weighted by molar-refractivity contribution is 7.88. The van der Waals surface area contributed by atoms with Crippen molar-refractivity contribution in [2.45, 2.75) is 50.4 Å². The Kier molecular flexibility index (Phi) is 7.31. The van der Waals surface area contributed by atoms with E-state index < -0.39 is 10.0 Å². The summed E-state index contributed by atoms with van der Waals surface area (Å²) in [4.78, 5) is 5.02. The molecule has 0 spiro atoms. The molecule has 2 fully saturated rings. The summed E-state index contributed by atoms with van der Waals surface area (Å²) in [6.45, 7) is 5.22. The first-order valence-electron chi connectivity index (χ1n) is 11.6. The van der Waals surface area contributed by atoms with Crippen molar-refractivity contribution < 1.29 is 8.42 Å². The largest absolute Gasteiger partial charge is 0.371 e. The number of sulfonamides is 1. The van der Waals surface area contributed by atoms with Gasteiger partial charge in [0.2, 0.25) is 10.0 Å². The molecule has 2 aromatic carbocycles. The van der Waals surface area contributed by atoms with E-state index in [4.69, 9.17) is 0 Å². The Bertz CT molecular complexity index is 942. The maximum Gasteiger partial charge on any atom is 0.218 e. The lowest BCUT2D eigenvalue weighted by Gasteiger charge is -2.27. The van der Waals surface area contributed by atoms with Gasteiger partial charge in [-0.2, -0.15) is 0 Å². The van der Waals surface area contributed by atoms with Gasteiger partial charge in [0.05, 0.1) is 5.75 Å². The summed E-state index contributed by atoms with van der Waals surface area (Å²) in [7, 11) is -1.55. The maximum absolute atomic E-state index is 13.0. The molecule has 0 aromatic heterocycles. The summed E-state index contributed by atoms with van der Waals surface area (Å²) in [5, 5.41) is 0. The first-order valence-corrected chi connectivity index (χ1v) is 13.2. The third-order valence-electron chi connectivity index (χ3n) is 6.77. The fraction of sp³-hybridized carbons (Fsp3) is 0.520. The van der Waals surface area contributed by atoms with Crippen molar-refractivity contribution in [1.29, 1.82) is 0 Å². The lowest BCUT2D eigenvalue weighted by Crippen LogP contribution is -2.38. The van der Waals surface area contributed by atoms with Crippen LogP contribution in [0.5, 0.6) is 0 Å². The molecule has 0 N–H and O–H groups in total. The molecule has 2 aliphatic heterocycles. The molecule has 2 saturated heterocycles. The average Bonchev–Trinajstić information content (AvgIpc) is 3.21. The number of para-hydroxylation sites is 1. The number of rotatable bonds is 7. The van der Waals surface area contributed by atoms with Crippen LogP contribution in [-0.2, 0) is 22.3 Å². The third kappa shape index (κ3) is 5.68. The Morgan fingerprint density at radius 2 is 1.58 bits per heavy atom. The molecule has 0 amide bonds. The van der Waals surface area contributed by atoms with Gasteiger partial charge >= 0.3 is 0 Å². The van der Waals surface area contributed by atoms with Crippen molar-refractivity contribution >= 4 is 15.7 Å². The van der Waals surface area contributed by atoms with Crippen LogP contribution >= 0.6 is 0 Å². The topological polar surface area (TPSA) is 43.9 Å². The van der Waals surface area contributed by atoms with Crippen LogP contribution in [-0.4, -0.2) is 56.9 Å². The van der Waals surface area contributed by atoms with Crippen molar-refractivity contribution in [3.63, 3.8) is 0 Å². The number of nitrogens with zero attached hydrogens (tertiary/aromatic N) is 3. The Morgan fingerprint density at radius 1 is 0.871 bits per heavy atom. The molecule has 0 radical (unpaired) electrons. The van der Waals surface area contributed by atoms with Crippen molar-refractivity contribution in [2.75, 3.05) is 38.1 Å². The van der Waals surface area contributed by atoms with Gasteiger partial charge in [0, 0.05) is 45.0 Å². The lowest BCUT2D eigenvalue weighted by atomic mass is 10.1. The van der Waals surface area contributed by atoms with Crippen LogP contribution in [0.15, 0.2) is 54.6 Å². The first-order chi connectivity index (χ1) is 15.0. The number of anilines is 1. The van der Waals surface area contributed by atoms with Gasteiger partial charge < -0.3 is 4.90 Å². The van der Waals surface area contributed by atoms with Crippen LogP contribution in [0, 0.1) is 0 Å². The summed E-state index contributed by atoms with van der Waals surface area (Å²) < 4.78 is 27.6. The van der Waals surface area contributed by atoms with Crippen molar-refractivity contribution in [1.82, 2.24) is 9.21 Å². The van der Waals surface area contributed by atoms with Crippen molar-refractivity contribution in [3.8, 4) is 0 Å². The molecule has 5 nitrogen and oxygen atoms in total. The maximum atomic E-state index is 13.0. The molecule has 0 saturated carbocycles. The van der Waals surface area contributed by atoms with Gasteiger partial charge in [-0.15, -0.1) is 0 Å². The van der Waals surface area contributed by atoms with E-state index in [9.17, 15) is 8.42 Å². The van der Waals surface area contributed by atoms with Crippen molar-refractivity contribution in [2.24, 2.45) is 0 Å². The molecule has 2 heterocycles. The van der Waals surface area contributed by atoms with Gasteiger partial charge in [0.15, 0.2) is 0 Å². The van der Waals surface area contributed by atoms with E-state index in [0.717, 1.165) is 57.5 Å².